The Balaban J connectivity index is 2.01. The second kappa shape index (κ2) is 6.93. The molecule has 0 radical (unpaired) electrons. The summed E-state index contributed by atoms with van der Waals surface area (Å²) in [6.07, 6.45) is -0.282. The maximum absolute atomic E-state index is 11.5. The third kappa shape index (κ3) is 4.35. The van der Waals surface area contributed by atoms with E-state index in [1.165, 1.54) is 4.68 Å². The summed E-state index contributed by atoms with van der Waals surface area (Å²) in [5.74, 6) is -0.915. The molecule has 2 N–H and O–H groups in total. The third-order valence-corrected chi connectivity index (χ3v) is 3.09. The fraction of sp³-hybridized carbons (Fsp3) is 0.250. The molecule has 1 amide bonds. The molecule has 0 unspecified atom stereocenters. The van der Waals surface area contributed by atoms with E-state index in [1.54, 1.807) is 0 Å². The van der Waals surface area contributed by atoms with E-state index < -0.39 is 5.97 Å². The molecule has 2 rings (SSSR count). The van der Waals surface area contributed by atoms with Crippen molar-refractivity contribution in [3.8, 4) is 5.69 Å². The van der Waals surface area contributed by atoms with E-state index in [0.717, 1.165) is 10.2 Å². The number of amides is 1. The van der Waals surface area contributed by atoms with Crippen molar-refractivity contribution in [3.63, 3.8) is 0 Å². The number of halogens is 1. The van der Waals surface area contributed by atoms with Gasteiger partial charge in [-0.25, -0.2) is 0 Å². The van der Waals surface area contributed by atoms with Crippen molar-refractivity contribution in [3.05, 3.63) is 34.6 Å². The van der Waals surface area contributed by atoms with Gasteiger partial charge in [-0.1, -0.05) is 22.0 Å². The molecule has 0 saturated carbocycles. The lowest BCUT2D eigenvalue weighted by molar-refractivity contribution is -0.138. The van der Waals surface area contributed by atoms with Gasteiger partial charge in [-0.3, -0.25) is 9.59 Å². The van der Waals surface area contributed by atoms with Crippen molar-refractivity contribution in [2.24, 2.45) is 0 Å². The highest BCUT2D eigenvalue weighted by atomic mass is 79.9. The number of aliphatic carboxylic acids is 1. The van der Waals surface area contributed by atoms with Gasteiger partial charge in [0.2, 0.25) is 5.91 Å². The predicted octanol–water partition coefficient (Wildman–Crippen LogP) is 0.906. The summed E-state index contributed by atoms with van der Waals surface area (Å²) in [7, 11) is 0. The molecule has 0 aliphatic heterocycles. The molecule has 0 bridgehead atoms. The van der Waals surface area contributed by atoms with Crippen LogP contribution >= 0.6 is 15.9 Å². The Morgan fingerprint density at radius 3 is 2.86 bits per heavy atom. The van der Waals surface area contributed by atoms with Crippen LogP contribution in [0.15, 0.2) is 28.7 Å². The summed E-state index contributed by atoms with van der Waals surface area (Å²) in [6.45, 7) is 0.123. The van der Waals surface area contributed by atoms with E-state index in [4.69, 9.17) is 5.11 Å². The Bertz CT molecular complexity index is 658. The maximum atomic E-state index is 11.5. The number of hydrogen-bond donors (Lipinski definition) is 2. The van der Waals surface area contributed by atoms with Crippen LogP contribution in [0.1, 0.15) is 18.7 Å². The number of nitrogens with one attached hydrogen (secondary N) is 1. The standard InChI is InChI=1S/C12H12BrN5O3/c13-8-2-1-3-9(6-8)18-10(15-16-17-18)7-14-11(19)4-5-12(20)21/h1-3,6H,4-5,7H2,(H,14,19)(H,20,21). The molecule has 1 aromatic carbocycles. The van der Waals surface area contributed by atoms with Crippen LogP contribution in [0.5, 0.6) is 0 Å². The minimum absolute atomic E-state index is 0.0756. The van der Waals surface area contributed by atoms with Gasteiger partial charge in [0, 0.05) is 10.9 Å². The van der Waals surface area contributed by atoms with Crippen LogP contribution in [0.3, 0.4) is 0 Å². The fourth-order valence-electron chi connectivity index (χ4n) is 1.61. The quantitative estimate of drug-likeness (QED) is 0.798. The first-order valence-electron chi connectivity index (χ1n) is 6.08. The summed E-state index contributed by atoms with van der Waals surface area (Å²) in [5.41, 5.74) is 0.754. The Morgan fingerprint density at radius 2 is 2.14 bits per heavy atom. The highest BCUT2D eigenvalue weighted by Crippen LogP contribution is 2.15. The third-order valence-electron chi connectivity index (χ3n) is 2.60. The molecule has 0 atom stereocenters. The molecule has 0 aliphatic carbocycles. The molecule has 0 aliphatic rings. The molecule has 9 heteroatoms. The molecule has 21 heavy (non-hydrogen) atoms. The minimum atomic E-state index is -1.01. The average Bonchev–Trinajstić information content (AvgIpc) is 2.91. The monoisotopic (exact) mass is 353 g/mol. The van der Waals surface area contributed by atoms with Crippen LogP contribution in [0.4, 0.5) is 0 Å². The van der Waals surface area contributed by atoms with Crippen molar-refractivity contribution < 1.29 is 14.7 Å². The van der Waals surface area contributed by atoms with Crippen molar-refractivity contribution in [1.82, 2.24) is 25.5 Å². The van der Waals surface area contributed by atoms with Gasteiger partial charge >= 0.3 is 5.97 Å². The van der Waals surface area contributed by atoms with Crippen molar-refractivity contribution >= 4 is 27.8 Å². The van der Waals surface area contributed by atoms with Crippen LogP contribution in [0.2, 0.25) is 0 Å². The van der Waals surface area contributed by atoms with E-state index >= 15 is 0 Å². The van der Waals surface area contributed by atoms with Gasteiger partial charge in [-0.2, -0.15) is 4.68 Å². The van der Waals surface area contributed by atoms with Gasteiger partial charge in [0.05, 0.1) is 18.7 Å². The van der Waals surface area contributed by atoms with Crippen LogP contribution in [0.25, 0.3) is 5.69 Å². The Kier molecular flexibility index (Phi) is 4.99. The maximum Gasteiger partial charge on any atom is 0.303 e. The number of carbonyl (C=O) groups excluding carboxylic acids is 1. The van der Waals surface area contributed by atoms with Gasteiger partial charge in [-0.05, 0) is 28.6 Å². The summed E-state index contributed by atoms with van der Waals surface area (Å²) in [5, 5.41) is 22.4. The number of carbonyl (C=O) groups is 2. The van der Waals surface area contributed by atoms with E-state index in [9.17, 15) is 9.59 Å². The number of tetrazole rings is 1. The average molecular weight is 354 g/mol. The lowest BCUT2D eigenvalue weighted by Gasteiger charge is -2.06. The summed E-state index contributed by atoms with van der Waals surface area (Å²) in [4.78, 5) is 21.9. The summed E-state index contributed by atoms with van der Waals surface area (Å²) < 4.78 is 2.38. The number of benzene rings is 1. The smallest absolute Gasteiger partial charge is 0.303 e. The Morgan fingerprint density at radius 1 is 1.33 bits per heavy atom. The van der Waals surface area contributed by atoms with Gasteiger partial charge in [0.15, 0.2) is 5.82 Å². The number of nitrogens with zero attached hydrogens (tertiary/aromatic N) is 4. The molecule has 0 spiro atoms. The van der Waals surface area contributed by atoms with Crippen LogP contribution in [0, 0.1) is 0 Å². The predicted molar refractivity (Wildman–Crippen MR) is 75.6 cm³/mol. The number of carboxylic acid groups (broad SMARTS) is 1. The molecule has 0 saturated heterocycles. The second-order valence-electron chi connectivity index (χ2n) is 4.16. The van der Waals surface area contributed by atoms with E-state index in [-0.39, 0.29) is 25.3 Å². The van der Waals surface area contributed by atoms with Crippen molar-refractivity contribution in [1.29, 1.82) is 0 Å². The lowest BCUT2D eigenvalue weighted by Crippen LogP contribution is -2.25. The first-order chi connectivity index (χ1) is 10.1. The molecule has 8 nitrogen and oxygen atoms in total. The topological polar surface area (TPSA) is 110 Å². The zero-order valence-corrected chi connectivity index (χ0v) is 12.4. The molecular formula is C12H12BrN5O3. The molecule has 2 aromatic rings. The largest absolute Gasteiger partial charge is 0.481 e. The SMILES string of the molecule is O=C(O)CCC(=O)NCc1nnnn1-c1cccc(Br)c1. The van der Waals surface area contributed by atoms with Gasteiger partial charge in [0.1, 0.15) is 0 Å². The minimum Gasteiger partial charge on any atom is -0.481 e. The second-order valence-corrected chi connectivity index (χ2v) is 5.07. The lowest BCUT2D eigenvalue weighted by atomic mass is 10.3. The van der Waals surface area contributed by atoms with E-state index in [2.05, 4.69) is 36.8 Å². The molecule has 1 aromatic heterocycles. The van der Waals surface area contributed by atoms with E-state index in [0.29, 0.717) is 5.82 Å². The van der Waals surface area contributed by atoms with Crippen molar-refractivity contribution in [2.45, 2.75) is 19.4 Å². The van der Waals surface area contributed by atoms with Crippen LogP contribution < -0.4 is 5.32 Å². The highest BCUT2D eigenvalue weighted by Gasteiger charge is 2.11. The molecule has 0 fully saturated rings. The van der Waals surface area contributed by atoms with Crippen LogP contribution in [-0.2, 0) is 16.1 Å². The molecular weight excluding hydrogens is 342 g/mol. The van der Waals surface area contributed by atoms with Gasteiger partial charge < -0.3 is 10.4 Å². The highest BCUT2D eigenvalue weighted by molar-refractivity contribution is 9.10. The molecule has 1 heterocycles. The van der Waals surface area contributed by atoms with Gasteiger partial charge in [-0.15, -0.1) is 5.10 Å². The van der Waals surface area contributed by atoms with Crippen molar-refractivity contribution in [2.75, 3.05) is 0 Å². The zero-order chi connectivity index (χ0) is 15.2. The fourth-order valence-corrected chi connectivity index (χ4v) is 2.00. The van der Waals surface area contributed by atoms with Crippen LogP contribution in [-0.4, -0.2) is 37.2 Å². The Hall–Kier alpha value is -2.29. The Labute approximate surface area is 128 Å². The van der Waals surface area contributed by atoms with E-state index in [1.807, 2.05) is 24.3 Å². The summed E-state index contributed by atoms with van der Waals surface area (Å²) >= 11 is 3.36. The molecule has 110 valence electrons. The van der Waals surface area contributed by atoms with Gasteiger partial charge in [0.25, 0.3) is 0 Å². The first-order valence-corrected chi connectivity index (χ1v) is 6.87. The summed E-state index contributed by atoms with van der Waals surface area (Å²) in [6, 6.07) is 7.39. The normalized spacial score (nSPS) is 10.3. The number of hydrogen-bond acceptors (Lipinski definition) is 5. The number of aromatic nitrogens is 4. The number of rotatable bonds is 6. The zero-order valence-electron chi connectivity index (χ0n) is 10.9. The first kappa shape index (κ1) is 15.1. The number of carboxylic acids is 1.